The number of aromatic nitrogens is 2. The molecule has 0 bridgehead atoms. The Kier molecular flexibility index (Phi) is 4.14. The van der Waals surface area contributed by atoms with Crippen LogP contribution in [0.4, 0.5) is 17.5 Å². The standard InChI is InChI=1S/C12H15N5O3/c1-8(4-5-9-3-2-6-20-9)15-11-10(17(18)19)7-14-12(13)16-11/h2-3,6-8H,4-5H2,1H3,(H3,13,14,15,16). The van der Waals surface area contributed by atoms with Gasteiger partial charge < -0.3 is 15.5 Å². The zero-order chi connectivity index (χ0) is 14.5. The molecule has 0 saturated heterocycles. The van der Waals surface area contributed by atoms with E-state index < -0.39 is 4.92 Å². The maximum absolute atomic E-state index is 10.9. The van der Waals surface area contributed by atoms with Gasteiger partial charge in [-0.3, -0.25) is 10.1 Å². The van der Waals surface area contributed by atoms with Crippen LogP contribution in [0.1, 0.15) is 19.1 Å². The summed E-state index contributed by atoms with van der Waals surface area (Å²) in [7, 11) is 0. The summed E-state index contributed by atoms with van der Waals surface area (Å²) in [5.41, 5.74) is 5.26. The van der Waals surface area contributed by atoms with E-state index in [0.29, 0.717) is 0 Å². The Morgan fingerprint density at radius 1 is 1.60 bits per heavy atom. The summed E-state index contributed by atoms with van der Waals surface area (Å²) >= 11 is 0. The van der Waals surface area contributed by atoms with Crippen molar-refractivity contribution in [1.29, 1.82) is 0 Å². The minimum atomic E-state index is -0.541. The maximum atomic E-state index is 10.9. The molecule has 8 heteroatoms. The van der Waals surface area contributed by atoms with Crippen LogP contribution in [0.15, 0.2) is 29.0 Å². The Labute approximate surface area is 115 Å². The van der Waals surface area contributed by atoms with Crippen LogP contribution in [-0.2, 0) is 6.42 Å². The number of aryl methyl sites for hydroxylation is 1. The third-order valence-corrected chi connectivity index (χ3v) is 2.77. The second-order valence-electron chi connectivity index (χ2n) is 4.38. The van der Waals surface area contributed by atoms with Crippen LogP contribution in [0.2, 0.25) is 0 Å². The van der Waals surface area contributed by atoms with Crippen LogP contribution < -0.4 is 11.1 Å². The number of nitrogens with zero attached hydrogens (tertiary/aromatic N) is 3. The highest BCUT2D eigenvalue weighted by molar-refractivity contribution is 5.56. The fraction of sp³-hybridized carbons (Fsp3) is 0.333. The molecule has 20 heavy (non-hydrogen) atoms. The minimum absolute atomic E-state index is 0.00339. The van der Waals surface area contributed by atoms with Gasteiger partial charge in [-0.25, -0.2) is 4.98 Å². The number of nitro groups is 1. The van der Waals surface area contributed by atoms with Gasteiger partial charge in [0.15, 0.2) is 0 Å². The second-order valence-corrected chi connectivity index (χ2v) is 4.38. The Bertz CT molecular complexity index is 585. The van der Waals surface area contributed by atoms with Crippen molar-refractivity contribution in [2.75, 3.05) is 11.1 Å². The molecule has 2 rings (SSSR count). The molecule has 2 aromatic rings. The van der Waals surface area contributed by atoms with E-state index in [4.69, 9.17) is 10.2 Å². The maximum Gasteiger partial charge on any atom is 0.329 e. The number of furan rings is 1. The Morgan fingerprint density at radius 3 is 3.05 bits per heavy atom. The molecule has 2 heterocycles. The Hall–Kier alpha value is -2.64. The van der Waals surface area contributed by atoms with E-state index in [1.165, 1.54) is 0 Å². The zero-order valence-corrected chi connectivity index (χ0v) is 10.9. The molecular formula is C12H15N5O3. The van der Waals surface area contributed by atoms with E-state index in [-0.39, 0.29) is 23.5 Å². The summed E-state index contributed by atoms with van der Waals surface area (Å²) in [4.78, 5) is 17.8. The van der Waals surface area contributed by atoms with Gasteiger partial charge in [-0.1, -0.05) is 0 Å². The predicted molar refractivity (Wildman–Crippen MR) is 73.2 cm³/mol. The zero-order valence-electron chi connectivity index (χ0n) is 10.9. The van der Waals surface area contributed by atoms with Gasteiger partial charge in [-0.2, -0.15) is 4.98 Å². The third-order valence-electron chi connectivity index (χ3n) is 2.77. The molecule has 0 aliphatic rings. The third kappa shape index (κ3) is 3.44. The van der Waals surface area contributed by atoms with E-state index in [1.807, 2.05) is 19.1 Å². The van der Waals surface area contributed by atoms with Crippen LogP contribution >= 0.6 is 0 Å². The number of nitrogens with two attached hydrogens (primary N) is 1. The Balaban J connectivity index is 2.01. The minimum Gasteiger partial charge on any atom is -0.469 e. The fourth-order valence-electron chi connectivity index (χ4n) is 1.75. The van der Waals surface area contributed by atoms with Crippen molar-refractivity contribution < 1.29 is 9.34 Å². The van der Waals surface area contributed by atoms with Gasteiger partial charge in [0.1, 0.15) is 12.0 Å². The largest absolute Gasteiger partial charge is 0.469 e. The second kappa shape index (κ2) is 6.00. The van der Waals surface area contributed by atoms with Crippen molar-refractivity contribution in [2.45, 2.75) is 25.8 Å². The summed E-state index contributed by atoms with van der Waals surface area (Å²) in [5, 5.41) is 13.9. The van der Waals surface area contributed by atoms with E-state index in [1.54, 1.807) is 6.26 Å². The fourth-order valence-corrected chi connectivity index (χ4v) is 1.75. The van der Waals surface area contributed by atoms with Crippen LogP contribution in [0.5, 0.6) is 0 Å². The first kappa shape index (κ1) is 13.8. The molecule has 8 nitrogen and oxygen atoms in total. The van der Waals surface area contributed by atoms with E-state index in [2.05, 4.69) is 15.3 Å². The van der Waals surface area contributed by atoms with Gasteiger partial charge >= 0.3 is 5.69 Å². The summed E-state index contributed by atoms with van der Waals surface area (Å²) in [6.45, 7) is 1.91. The lowest BCUT2D eigenvalue weighted by molar-refractivity contribution is -0.384. The van der Waals surface area contributed by atoms with Gasteiger partial charge in [-0.15, -0.1) is 0 Å². The molecule has 0 aliphatic carbocycles. The van der Waals surface area contributed by atoms with Crippen molar-refractivity contribution >= 4 is 17.5 Å². The quantitative estimate of drug-likeness (QED) is 0.611. The van der Waals surface area contributed by atoms with Gasteiger partial charge in [0.05, 0.1) is 11.2 Å². The number of hydrogen-bond donors (Lipinski definition) is 2. The van der Waals surface area contributed by atoms with Gasteiger partial charge in [0.25, 0.3) is 0 Å². The molecule has 0 radical (unpaired) electrons. The highest BCUT2D eigenvalue weighted by Gasteiger charge is 2.18. The molecule has 106 valence electrons. The van der Waals surface area contributed by atoms with Crippen molar-refractivity contribution in [3.8, 4) is 0 Å². The van der Waals surface area contributed by atoms with Crippen LogP contribution in [0.3, 0.4) is 0 Å². The molecule has 0 fully saturated rings. The smallest absolute Gasteiger partial charge is 0.329 e. The number of nitrogens with one attached hydrogen (secondary N) is 1. The predicted octanol–water partition coefficient (Wildman–Crippen LogP) is 1.99. The topological polar surface area (TPSA) is 120 Å². The molecule has 0 aromatic carbocycles. The lowest BCUT2D eigenvalue weighted by Gasteiger charge is -2.13. The number of rotatable bonds is 6. The van der Waals surface area contributed by atoms with Gasteiger partial charge in [0.2, 0.25) is 11.8 Å². The lowest BCUT2D eigenvalue weighted by atomic mass is 10.1. The molecule has 1 atom stereocenters. The average molecular weight is 277 g/mol. The Morgan fingerprint density at radius 2 is 2.40 bits per heavy atom. The molecule has 0 aliphatic heterocycles. The highest BCUT2D eigenvalue weighted by atomic mass is 16.6. The molecule has 0 spiro atoms. The van der Waals surface area contributed by atoms with Crippen molar-refractivity contribution in [1.82, 2.24) is 9.97 Å². The summed E-state index contributed by atoms with van der Waals surface area (Å²) in [6, 6.07) is 3.69. The van der Waals surface area contributed by atoms with Crippen molar-refractivity contribution in [3.05, 3.63) is 40.5 Å². The molecule has 3 N–H and O–H groups in total. The van der Waals surface area contributed by atoms with Crippen molar-refractivity contribution in [3.63, 3.8) is 0 Å². The molecule has 1 unspecified atom stereocenters. The lowest BCUT2D eigenvalue weighted by Crippen LogP contribution is -2.18. The molecule has 0 amide bonds. The number of hydrogen-bond acceptors (Lipinski definition) is 7. The number of anilines is 2. The van der Waals surface area contributed by atoms with Crippen LogP contribution in [0, 0.1) is 10.1 Å². The normalized spacial score (nSPS) is 12.1. The van der Waals surface area contributed by atoms with E-state index in [0.717, 1.165) is 24.8 Å². The first-order valence-corrected chi connectivity index (χ1v) is 6.12. The molecule has 0 saturated carbocycles. The van der Waals surface area contributed by atoms with Crippen LogP contribution in [-0.4, -0.2) is 20.9 Å². The highest BCUT2D eigenvalue weighted by Crippen LogP contribution is 2.22. The summed E-state index contributed by atoms with van der Waals surface area (Å²) < 4.78 is 5.23. The monoisotopic (exact) mass is 277 g/mol. The molecular weight excluding hydrogens is 262 g/mol. The van der Waals surface area contributed by atoms with E-state index >= 15 is 0 Å². The first-order chi connectivity index (χ1) is 9.56. The summed E-state index contributed by atoms with van der Waals surface area (Å²) in [6.07, 6.45) is 4.19. The van der Waals surface area contributed by atoms with Crippen LogP contribution in [0.25, 0.3) is 0 Å². The van der Waals surface area contributed by atoms with Gasteiger partial charge in [0, 0.05) is 12.5 Å². The first-order valence-electron chi connectivity index (χ1n) is 6.12. The number of nitrogen functional groups attached to an aromatic ring is 1. The van der Waals surface area contributed by atoms with E-state index in [9.17, 15) is 10.1 Å². The average Bonchev–Trinajstić information content (AvgIpc) is 2.89. The SMILES string of the molecule is CC(CCc1ccco1)Nc1nc(N)ncc1[N+](=O)[O-]. The van der Waals surface area contributed by atoms with Crippen molar-refractivity contribution in [2.24, 2.45) is 0 Å². The van der Waals surface area contributed by atoms with Gasteiger partial charge in [-0.05, 0) is 25.5 Å². The molecule has 2 aromatic heterocycles. The summed E-state index contributed by atoms with van der Waals surface area (Å²) in [5.74, 6) is 1.00.